The van der Waals surface area contributed by atoms with Gasteiger partial charge in [0.2, 0.25) is 0 Å². The Hall–Kier alpha value is -3.27. The van der Waals surface area contributed by atoms with Gasteiger partial charge in [-0.3, -0.25) is 4.79 Å². The SMILES string of the molecule is COc1cc(/C=C(/C#N)C(=O)Nc2cc(C)on2)ccc1O. The number of anilines is 1. The number of hydrogen-bond acceptors (Lipinski definition) is 6. The number of nitrogens with zero attached hydrogens (tertiary/aromatic N) is 2. The first-order valence-electron chi connectivity index (χ1n) is 6.27. The van der Waals surface area contributed by atoms with Crippen molar-refractivity contribution in [1.29, 1.82) is 5.26 Å². The molecule has 1 aromatic carbocycles. The number of phenolic OH excluding ortho intramolecular Hbond substituents is 1. The Balaban J connectivity index is 2.23. The number of aryl methyl sites for hydroxylation is 1. The van der Waals surface area contributed by atoms with E-state index in [9.17, 15) is 9.90 Å². The van der Waals surface area contributed by atoms with Crippen LogP contribution in [-0.2, 0) is 4.79 Å². The number of ether oxygens (including phenoxy) is 1. The average molecular weight is 299 g/mol. The lowest BCUT2D eigenvalue weighted by Crippen LogP contribution is -2.13. The number of amides is 1. The van der Waals surface area contributed by atoms with Gasteiger partial charge in [-0.15, -0.1) is 0 Å². The normalized spacial score (nSPS) is 10.9. The van der Waals surface area contributed by atoms with Crippen molar-refractivity contribution in [3.8, 4) is 17.6 Å². The van der Waals surface area contributed by atoms with E-state index in [0.717, 1.165) is 0 Å². The molecule has 0 saturated carbocycles. The van der Waals surface area contributed by atoms with Crippen LogP contribution < -0.4 is 10.1 Å². The van der Waals surface area contributed by atoms with E-state index in [4.69, 9.17) is 14.5 Å². The maximum atomic E-state index is 12.0. The molecule has 7 nitrogen and oxygen atoms in total. The second kappa shape index (κ2) is 6.45. The number of phenols is 1. The Morgan fingerprint density at radius 1 is 1.50 bits per heavy atom. The van der Waals surface area contributed by atoms with Crippen molar-refractivity contribution in [3.05, 3.63) is 41.2 Å². The molecule has 0 fully saturated rings. The number of rotatable bonds is 4. The van der Waals surface area contributed by atoms with Gasteiger partial charge in [0.25, 0.3) is 5.91 Å². The van der Waals surface area contributed by atoms with Crippen molar-refractivity contribution < 1.29 is 19.2 Å². The van der Waals surface area contributed by atoms with Crippen LogP contribution in [0.25, 0.3) is 6.08 Å². The summed E-state index contributed by atoms with van der Waals surface area (Å²) in [5, 5.41) is 24.7. The first kappa shape index (κ1) is 15.1. The Bertz CT molecular complexity index is 771. The van der Waals surface area contributed by atoms with Crippen LogP contribution in [0.2, 0.25) is 0 Å². The highest BCUT2D eigenvalue weighted by Gasteiger charge is 2.12. The number of nitriles is 1. The molecule has 1 heterocycles. The molecule has 0 aliphatic rings. The van der Waals surface area contributed by atoms with Gasteiger partial charge < -0.3 is 19.7 Å². The van der Waals surface area contributed by atoms with Crippen LogP contribution >= 0.6 is 0 Å². The highest BCUT2D eigenvalue weighted by Crippen LogP contribution is 2.27. The molecule has 7 heteroatoms. The van der Waals surface area contributed by atoms with Crippen molar-refractivity contribution >= 4 is 17.8 Å². The predicted molar refractivity (Wildman–Crippen MR) is 78.1 cm³/mol. The molecule has 2 aromatic rings. The molecule has 0 radical (unpaired) electrons. The van der Waals surface area contributed by atoms with Crippen LogP contribution in [0.5, 0.6) is 11.5 Å². The molecule has 1 amide bonds. The van der Waals surface area contributed by atoms with E-state index in [1.165, 1.54) is 31.4 Å². The van der Waals surface area contributed by atoms with Gasteiger partial charge in [-0.2, -0.15) is 5.26 Å². The minimum absolute atomic E-state index is 0.0271. The first-order chi connectivity index (χ1) is 10.5. The quantitative estimate of drug-likeness (QED) is 0.662. The standard InChI is InChI=1S/C15H13N3O4/c1-9-5-14(18-22-9)17-15(20)11(8-16)6-10-3-4-12(19)13(7-10)21-2/h3-7,19H,1-2H3,(H,17,18,20)/b11-6-. The van der Waals surface area contributed by atoms with E-state index in [1.807, 2.05) is 6.07 Å². The number of nitrogens with one attached hydrogen (secondary N) is 1. The fourth-order valence-corrected chi connectivity index (χ4v) is 1.71. The summed E-state index contributed by atoms with van der Waals surface area (Å²) < 4.78 is 9.80. The summed E-state index contributed by atoms with van der Waals surface area (Å²) in [6.07, 6.45) is 1.38. The topological polar surface area (TPSA) is 108 Å². The van der Waals surface area contributed by atoms with Crippen molar-refractivity contribution in [2.75, 3.05) is 12.4 Å². The largest absolute Gasteiger partial charge is 0.504 e. The Labute approximate surface area is 126 Å². The zero-order valence-corrected chi connectivity index (χ0v) is 12.0. The number of benzene rings is 1. The van der Waals surface area contributed by atoms with E-state index in [-0.39, 0.29) is 22.9 Å². The van der Waals surface area contributed by atoms with Crippen LogP contribution in [0.4, 0.5) is 5.82 Å². The molecule has 112 valence electrons. The molecule has 0 atom stereocenters. The maximum absolute atomic E-state index is 12.0. The molecule has 0 bridgehead atoms. The molecule has 1 aromatic heterocycles. The summed E-state index contributed by atoms with van der Waals surface area (Å²) in [5.41, 5.74) is 0.422. The zero-order valence-electron chi connectivity index (χ0n) is 12.0. The summed E-state index contributed by atoms with van der Waals surface area (Å²) in [7, 11) is 1.41. The summed E-state index contributed by atoms with van der Waals surface area (Å²) in [5.74, 6) is 0.384. The molecule has 2 rings (SSSR count). The minimum Gasteiger partial charge on any atom is -0.504 e. The molecular weight excluding hydrogens is 286 g/mol. The first-order valence-corrected chi connectivity index (χ1v) is 6.27. The lowest BCUT2D eigenvalue weighted by atomic mass is 10.1. The highest BCUT2D eigenvalue weighted by molar-refractivity contribution is 6.09. The third kappa shape index (κ3) is 3.43. The number of carbonyl (C=O) groups excluding carboxylic acids is 1. The van der Waals surface area contributed by atoms with E-state index in [2.05, 4.69) is 10.5 Å². The molecule has 0 aliphatic carbocycles. The van der Waals surface area contributed by atoms with Gasteiger partial charge in [0, 0.05) is 6.07 Å². The van der Waals surface area contributed by atoms with Gasteiger partial charge in [-0.05, 0) is 30.7 Å². The Kier molecular flexibility index (Phi) is 4.44. The smallest absolute Gasteiger partial charge is 0.267 e. The lowest BCUT2D eigenvalue weighted by Gasteiger charge is -2.04. The highest BCUT2D eigenvalue weighted by atomic mass is 16.5. The summed E-state index contributed by atoms with van der Waals surface area (Å²) >= 11 is 0. The van der Waals surface area contributed by atoms with Crippen LogP contribution in [0.3, 0.4) is 0 Å². The van der Waals surface area contributed by atoms with Crippen molar-refractivity contribution in [1.82, 2.24) is 5.16 Å². The third-order valence-corrected chi connectivity index (χ3v) is 2.75. The second-order valence-electron chi connectivity index (χ2n) is 4.38. The van der Waals surface area contributed by atoms with Crippen LogP contribution in [0.1, 0.15) is 11.3 Å². The monoisotopic (exact) mass is 299 g/mol. The van der Waals surface area contributed by atoms with Gasteiger partial charge in [0.05, 0.1) is 7.11 Å². The Morgan fingerprint density at radius 3 is 2.86 bits per heavy atom. The molecule has 0 spiro atoms. The number of aromatic hydroxyl groups is 1. The number of carbonyl (C=O) groups is 1. The van der Waals surface area contributed by atoms with Crippen molar-refractivity contribution in [3.63, 3.8) is 0 Å². The predicted octanol–water partition coefficient (Wildman–Crippen LogP) is 2.24. The Morgan fingerprint density at radius 2 is 2.27 bits per heavy atom. The fourth-order valence-electron chi connectivity index (χ4n) is 1.71. The van der Waals surface area contributed by atoms with Gasteiger partial charge in [0.15, 0.2) is 17.3 Å². The number of aromatic nitrogens is 1. The third-order valence-electron chi connectivity index (χ3n) is 2.75. The molecular formula is C15H13N3O4. The lowest BCUT2D eigenvalue weighted by molar-refractivity contribution is -0.112. The molecule has 0 aliphatic heterocycles. The van der Waals surface area contributed by atoms with Gasteiger partial charge in [-0.25, -0.2) is 0 Å². The van der Waals surface area contributed by atoms with Gasteiger partial charge in [-0.1, -0.05) is 11.2 Å². The average Bonchev–Trinajstić information content (AvgIpc) is 2.91. The van der Waals surface area contributed by atoms with Crippen LogP contribution in [0.15, 0.2) is 34.4 Å². The van der Waals surface area contributed by atoms with E-state index >= 15 is 0 Å². The van der Waals surface area contributed by atoms with Crippen molar-refractivity contribution in [2.45, 2.75) is 6.92 Å². The van der Waals surface area contributed by atoms with Gasteiger partial charge >= 0.3 is 0 Å². The molecule has 2 N–H and O–H groups in total. The van der Waals surface area contributed by atoms with Gasteiger partial charge in [0.1, 0.15) is 17.4 Å². The minimum atomic E-state index is -0.608. The number of methoxy groups -OCH3 is 1. The van der Waals surface area contributed by atoms with Crippen molar-refractivity contribution in [2.24, 2.45) is 0 Å². The maximum Gasteiger partial charge on any atom is 0.267 e. The fraction of sp³-hybridized carbons (Fsp3) is 0.133. The summed E-state index contributed by atoms with van der Waals surface area (Å²) in [6.45, 7) is 1.69. The second-order valence-corrected chi connectivity index (χ2v) is 4.38. The van der Waals surface area contributed by atoms with E-state index < -0.39 is 5.91 Å². The molecule has 0 unspecified atom stereocenters. The van der Waals surface area contributed by atoms with E-state index in [1.54, 1.807) is 13.0 Å². The zero-order chi connectivity index (χ0) is 16.1. The summed E-state index contributed by atoms with van der Waals surface area (Å²) in [6, 6.07) is 7.84. The molecule has 0 saturated heterocycles. The van der Waals surface area contributed by atoms with Crippen LogP contribution in [0, 0.1) is 18.3 Å². The summed E-state index contributed by atoms with van der Waals surface area (Å²) in [4.78, 5) is 12.0. The molecule has 22 heavy (non-hydrogen) atoms. The van der Waals surface area contributed by atoms with Crippen LogP contribution in [-0.4, -0.2) is 23.3 Å². The number of hydrogen-bond donors (Lipinski definition) is 2. The van der Waals surface area contributed by atoms with E-state index in [0.29, 0.717) is 11.3 Å².